The maximum absolute atomic E-state index is 8.78. The Bertz CT molecular complexity index is 136. The van der Waals surface area contributed by atoms with Crippen LogP contribution in [0.15, 0.2) is 0 Å². The molecule has 0 aromatic rings. The van der Waals surface area contributed by atoms with Gasteiger partial charge in [0.1, 0.15) is 0 Å². The standard InChI is InChI=1S/C9H20N2OS/c1-2-5-11(7-8-12)6-3-4-9(10)13/h12H,2-8H2,1H3,(H2,10,13). The highest BCUT2D eigenvalue weighted by Crippen LogP contribution is 1.96. The van der Waals surface area contributed by atoms with Crippen LogP contribution in [0.2, 0.25) is 0 Å². The summed E-state index contributed by atoms with van der Waals surface area (Å²) in [6, 6.07) is 0. The van der Waals surface area contributed by atoms with E-state index in [-0.39, 0.29) is 6.61 Å². The molecule has 0 saturated heterocycles. The average Bonchev–Trinajstić information content (AvgIpc) is 2.04. The lowest BCUT2D eigenvalue weighted by Crippen LogP contribution is -2.29. The Kier molecular flexibility index (Phi) is 8.29. The van der Waals surface area contributed by atoms with Gasteiger partial charge in [-0.1, -0.05) is 19.1 Å². The Morgan fingerprint density at radius 2 is 2.08 bits per heavy atom. The zero-order valence-corrected chi connectivity index (χ0v) is 9.15. The number of aliphatic hydroxyl groups is 1. The van der Waals surface area contributed by atoms with Crippen LogP contribution in [0.4, 0.5) is 0 Å². The highest BCUT2D eigenvalue weighted by atomic mass is 32.1. The maximum atomic E-state index is 8.78. The number of nitrogens with two attached hydrogens (primary N) is 1. The van der Waals surface area contributed by atoms with Gasteiger partial charge in [-0.15, -0.1) is 0 Å². The van der Waals surface area contributed by atoms with E-state index in [2.05, 4.69) is 11.8 Å². The van der Waals surface area contributed by atoms with Crippen LogP contribution in [0.25, 0.3) is 0 Å². The summed E-state index contributed by atoms with van der Waals surface area (Å²) in [6.07, 6.45) is 2.92. The fraction of sp³-hybridized carbons (Fsp3) is 0.889. The molecule has 0 aliphatic carbocycles. The predicted molar refractivity (Wildman–Crippen MR) is 59.8 cm³/mol. The van der Waals surface area contributed by atoms with Crippen LogP contribution >= 0.6 is 12.2 Å². The van der Waals surface area contributed by atoms with Crippen LogP contribution < -0.4 is 5.73 Å². The van der Waals surface area contributed by atoms with E-state index in [0.717, 1.165) is 38.9 Å². The van der Waals surface area contributed by atoms with Crippen LogP contribution in [-0.2, 0) is 0 Å². The number of hydrogen-bond acceptors (Lipinski definition) is 3. The molecule has 0 amide bonds. The van der Waals surface area contributed by atoms with Gasteiger partial charge in [0.15, 0.2) is 0 Å². The molecule has 4 heteroatoms. The Hall–Kier alpha value is -0.190. The minimum absolute atomic E-state index is 0.229. The average molecular weight is 204 g/mol. The first-order chi connectivity index (χ1) is 6.20. The summed E-state index contributed by atoms with van der Waals surface area (Å²) in [4.78, 5) is 2.82. The summed E-state index contributed by atoms with van der Waals surface area (Å²) in [5, 5.41) is 8.78. The van der Waals surface area contributed by atoms with Gasteiger partial charge >= 0.3 is 0 Å². The Morgan fingerprint density at radius 3 is 2.54 bits per heavy atom. The summed E-state index contributed by atoms with van der Waals surface area (Å²) in [5.74, 6) is 0. The van der Waals surface area contributed by atoms with Crippen molar-refractivity contribution in [2.45, 2.75) is 26.2 Å². The normalized spacial score (nSPS) is 10.7. The van der Waals surface area contributed by atoms with E-state index in [0.29, 0.717) is 4.99 Å². The van der Waals surface area contributed by atoms with Gasteiger partial charge in [-0.05, 0) is 32.4 Å². The van der Waals surface area contributed by atoms with Crippen LogP contribution in [0, 0.1) is 0 Å². The second kappa shape index (κ2) is 8.41. The summed E-state index contributed by atoms with van der Waals surface area (Å²) in [6.45, 7) is 5.14. The first-order valence-corrected chi connectivity index (χ1v) is 5.23. The van der Waals surface area contributed by atoms with Gasteiger partial charge in [0.2, 0.25) is 0 Å². The predicted octanol–water partition coefficient (Wildman–Crippen LogP) is 0.757. The van der Waals surface area contributed by atoms with Crippen molar-refractivity contribution in [2.75, 3.05) is 26.2 Å². The quantitative estimate of drug-likeness (QED) is 0.573. The third kappa shape index (κ3) is 8.15. The lowest BCUT2D eigenvalue weighted by molar-refractivity contribution is 0.195. The van der Waals surface area contributed by atoms with Gasteiger partial charge in [-0.25, -0.2) is 0 Å². The van der Waals surface area contributed by atoms with Crippen molar-refractivity contribution in [1.29, 1.82) is 0 Å². The zero-order valence-electron chi connectivity index (χ0n) is 8.33. The molecule has 0 bridgehead atoms. The lowest BCUT2D eigenvalue weighted by Gasteiger charge is -2.19. The molecule has 0 aliphatic rings. The molecule has 0 radical (unpaired) electrons. The van der Waals surface area contributed by atoms with Crippen molar-refractivity contribution in [1.82, 2.24) is 4.90 Å². The Balaban J connectivity index is 3.49. The molecule has 0 aromatic heterocycles. The van der Waals surface area contributed by atoms with Crippen molar-refractivity contribution >= 4 is 17.2 Å². The van der Waals surface area contributed by atoms with Crippen LogP contribution in [0.1, 0.15) is 26.2 Å². The monoisotopic (exact) mass is 204 g/mol. The number of aliphatic hydroxyl groups excluding tert-OH is 1. The molecule has 0 rings (SSSR count). The van der Waals surface area contributed by atoms with E-state index in [1.54, 1.807) is 0 Å². The SMILES string of the molecule is CCCN(CCO)CCCC(N)=S. The number of hydrogen-bond donors (Lipinski definition) is 2. The van der Waals surface area contributed by atoms with E-state index >= 15 is 0 Å². The molecule has 0 aliphatic heterocycles. The summed E-state index contributed by atoms with van der Waals surface area (Å²) < 4.78 is 0. The highest BCUT2D eigenvalue weighted by molar-refractivity contribution is 7.80. The van der Waals surface area contributed by atoms with Gasteiger partial charge < -0.3 is 15.7 Å². The smallest absolute Gasteiger partial charge is 0.0727 e. The third-order valence-electron chi connectivity index (χ3n) is 1.85. The molecule has 0 fully saturated rings. The fourth-order valence-corrected chi connectivity index (χ4v) is 1.41. The maximum Gasteiger partial charge on any atom is 0.0727 e. The topological polar surface area (TPSA) is 49.5 Å². The van der Waals surface area contributed by atoms with Crippen molar-refractivity contribution in [2.24, 2.45) is 5.73 Å². The molecule has 0 heterocycles. The molecule has 0 saturated carbocycles. The van der Waals surface area contributed by atoms with Crippen LogP contribution in [0.5, 0.6) is 0 Å². The van der Waals surface area contributed by atoms with E-state index in [4.69, 9.17) is 23.1 Å². The largest absolute Gasteiger partial charge is 0.395 e. The first-order valence-electron chi connectivity index (χ1n) is 4.82. The van der Waals surface area contributed by atoms with E-state index in [1.165, 1.54) is 0 Å². The second-order valence-electron chi connectivity index (χ2n) is 3.14. The summed E-state index contributed by atoms with van der Waals surface area (Å²) in [5.41, 5.74) is 5.39. The lowest BCUT2D eigenvalue weighted by atomic mass is 10.3. The molecular weight excluding hydrogens is 184 g/mol. The van der Waals surface area contributed by atoms with E-state index in [1.807, 2.05) is 0 Å². The highest BCUT2D eigenvalue weighted by Gasteiger charge is 2.02. The van der Waals surface area contributed by atoms with E-state index in [9.17, 15) is 0 Å². The van der Waals surface area contributed by atoms with E-state index < -0.39 is 0 Å². The van der Waals surface area contributed by atoms with Gasteiger partial charge in [0.05, 0.1) is 11.6 Å². The van der Waals surface area contributed by atoms with Crippen molar-refractivity contribution in [3.63, 3.8) is 0 Å². The number of thiocarbonyl (C=S) groups is 1. The summed E-state index contributed by atoms with van der Waals surface area (Å²) >= 11 is 4.79. The zero-order chi connectivity index (χ0) is 10.1. The van der Waals surface area contributed by atoms with Crippen molar-refractivity contribution < 1.29 is 5.11 Å². The summed E-state index contributed by atoms with van der Waals surface area (Å²) in [7, 11) is 0. The molecule has 78 valence electrons. The van der Waals surface area contributed by atoms with Gasteiger partial charge in [0, 0.05) is 6.54 Å². The van der Waals surface area contributed by atoms with Crippen molar-refractivity contribution in [3.05, 3.63) is 0 Å². The molecular formula is C9H20N2OS. The molecule has 0 aromatic carbocycles. The molecule has 3 N–H and O–H groups in total. The molecule has 0 spiro atoms. The van der Waals surface area contributed by atoms with Gasteiger partial charge in [-0.2, -0.15) is 0 Å². The molecule has 13 heavy (non-hydrogen) atoms. The minimum Gasteiger partial charge on any atom is -0.395 e. The molecule has 0 atom stereocenters. The molecule has 3 nitrogen and oxygen atoms in total. The van der Waals surface area contributed by atoms with Gasteiger partial charge in [-0.3, -0.25) is 0 Å². The Labute approximate surface area is 85.9 Å². The minimum atomic E-state index is 0.229. The fourth-order valence-electron chi connectivity index (χ4n) is 1.27. The van der Waals surface area contributed by atoms with Crippen LogP contribution in [0.3, 0.4) is 0 Å². The molecule has 0 unspecified atom stereocenters. The third-order valence-corrected chi connectivity index (χ3v) is 2.06. The number of rotatable bonds is 8. The van der Waals surface area contributed by atoms with Crippen LogP contribution in [-0.4, -0.2) is 41.2 Å². The number of nitrogens with zero attached hydrogens (tertiary/aromatic N) is 1. The van der Waals surface area contributed by atoms with Gasteiger partial charge in [0.25, 0.3) is 0 Å². The van der Waals surface area contributed by atoms with Crippen molar-refractivity contribution in [3.8, 4) is 0 Å². The Morgan fingerprint density at radius 1 is 1.38 bits per heavy atom. The first kappa shape index (κ1) is 12.8. The second-order valence-corrected chi connectivity index (χ2v) is 3.66.